The van der Waals surface area contributed by atoms with E-state index in [2.05, 4.69) is 29.6 Å². The largest absolute Gasteiger partial charge is 0.495 e. The molecule has 0 saturated heterocycles. The Morgan fingerprint density at radius 2 is 2.09 bits per heavy atom. The van der Waals surface area contributed by atoms with Crippen molar-refractivity contribution in [3.05, 3.63) is 50.7 Å². The van der Waals surface area contributed by atoms with Gasteiger partial charge in [-0.3, -0.25) is 4.79 Å². The number of nitrogens with one attached hydrogen (secondary N) is 1. The van der Waals surface area contributed by atoms with Crippen LogP contribution in [0, 0.1) is 0 Å². The van der Waals surface area contributed by atoms with Crippen LogP contribution in [-0.4, -0.2) is 13.0 Å². The van der Waals surface area contributed by atoms with Crippen LogP contribution >= 0.6 is 11.3 Å². The first-order valence-corrected chi connectivity index (χ1v) is 9.16. The summed E-state index contributed by atoms with van der Waals surface area (Å²) in [7, 11) is 1.67. The molecule has 1 atom stereocenters. The average Bonchev–Trinajstić information content (AvgIpc) is 3.15. The molecule has 1 heterocycles. The number of aryl methyl sites for hydroxylation is 2. The molecule has 1 amide bonds. The van der Waals surface area contributed by atoms with Crippen molar-refractivity contribution in [3.8, 4) is 5.75 Å². The van der Waals surface area contributed by atoms with Gasteiger partial charge in [-0.2, -0.15) is 0 Å². The fourth-order valence-electron chi connectivity index (χ4n) is 3.87. The SMILES string of the molecule is COc1c(C(=O)NC2CCCc3ccccc32)sc2c1CCC2. The highest BCUT2D eigenvalue weighted by Crippen LogP contribution is 2.41. The highest BCUT2D eigenvalue weighted by atomic mass is 32.1. The van der Waals surface area contributed by atoms with Crippen LogP contribution < -0.4 is 10.1 Å². The predicted molar refractivity (Wildman–Crippen MR) is 92.5 cm³/mol. The summed E-state index contributed by atoms with van der Waals surface area (Å²) in [5.41, 5.74) is 3.89. The summed E-state index contributed by atoms with van der Waals surface area (Å²) in [6, 6.07) is 8.58. The molecule has 1 unspecified atom stereocenters. The number of thiophene rings is 1. The quantitative estimate of drug-likeness (QED) is 0.923. The second-order valence-corrected chi connectivity index (χ2v) is 7.44. The molecule has 0 bridgehead atoms. The van der Waals surface area contributed by atoms with Crippen LogP contribution in [0.4, 0.5) is 0 Å². The smallest absolute Gasteiger partial charge is 0.265 e. The number of amides is 1. The van der Waals surface area contributed by atoms with Gasteiger partial charge in [-0.05, 0) is 49.7 Å². The first kappa shape index (κ1) is 14.8. The molecule has 0 fully saturated rings. The Kier molecular flexibility index (Phi) is 3.85. The number of ether oxygens (including phenoxy) is 1. The number of fused-ring (bicyclic) bond motifs is 2. The molecule has 1 aromatic carbocycles. The van der Waals surface area contributed by atoms with Crippen molar-refractivity contribution >= 4 is 17.2 Å². The van der Waals surface area contributed by atoms with Crippen LogP contribution in [-0.2, 0) is 19.3 Å². The maximum Gasteiger partial charge on any atom is 0.265 e. The van der Waals surface area contributed by atoms with Gasteiger partial charge in [0.1, 0.15) is 10.6 Å². The van der Waals surface area contributed by atoms with E-state index < -0.39 is 0 Å². The van der Waals surface area contributed by atoms with E-state index in [-0.39, 0.29) is 11.9 Å². The van der Waals surface area contributed by atoms with Gasteiger partial charge in [0.2, 0.25) is 0 Å². The lowest BCUT2D eigenvalue weighted by Gasteiger charge is -2.26. The molecular weight excluding hydrogens is 306 g/mol. The van der Waals surface area contributed by atoms with E-state index in [0.717, 1.165) is 42.7 Å². The maximum atomic E-state index is 12.8. The Morgan fingerprint density at radius 1 is 1.22 bits per heavy atom. The highest BCUT2D eigenvalue weighted by Gasteiger charge is 2.29. The normalized spacial score (nSPS) is 19.1. The lowest BCUT2D eigenvalue weighted by Crippen LogP contribution is -2.30. The first-order valence-electron chi connectivity index (χ1n) is 8.35. The van der Waals surface area contributed by atoms with Crippen LogP contribution in [0.1, 0.15) is 56.5 Å². The maximum absolute atomic E-state index is 12.8. The standard InChI is InChI=1S/C19H21NO2S/c1-22-17-14-9-5-11-16(14)23-18(17)19(21)20-15-10-4-7-12-6-2-3-8-13(12)15/h2-3,6,8,15H,4-5,7,9-11H2,1H3,(H,20,21). The van der Waals surface area contributed by atoms with Gasteiger partial charge < -0.3 is 10.1 Å². The van der Waals surface area contributed by atoms with E-state index in [1.54, 1.807) is 18.4 Å². The number of rotatable bonds is 3. The van der Waals surface area contributed by atoms with E-state index in [1.807, 2.05) is 0 Å². The van der Waals surface area contributed by atoms with E-state index >= 15 is 0 Å². The third-order valence-corrected chi connectivity index (χ3v) is 6.23. The molecule has 1 N–H and O–H groups in total. The molecule has 3 nitrogen and oxygen atoms in total. The molecule has 0 saturated carbocycles. The van der Waals surface area contributed by atoms with Crippen molar-refractivity contribution in [2.45, 2.75) is 44.6 Å². The zero-order valence-electron chi connectivity index (χ0n) is 13.4. The van der Waals surface area contributed by atoms with E-state index in [0.29, 0.717) is 0 Å². The topological polar surface area (TPSA) is 38.3 Å². The molecule has 120 valence electrons. The summed E-state index contributed by atoms with van der Waals surface area (Å²) in [6.07, 6.45) is 6.54. The molecule has 0 aliphatic heterocycles. The van der Waals surface area contributed by atoms with Gasteiger partial charge in [0.05, 0.1) is 13.2 Å². The Labute approximate surface area is 140 Å². The number of hydrogen-bond donors (Lipinski definition) is 1. The van der Waals surface area contributed by atoms with Gasteiger partial charge in [-0.1, -0.05) is 24.3 Å². The second kappa shape index (κ2) is 6.00. The summed E-state index contributed by atoms with van der Waals surface area (Å²) >= 11 is 1.61. The van der Waals surface area contributed by atoms with Crippen molar-refractivity contribution in [1.82, 2.24) is 5.32 Å². The number of hydrogen-bond acceptors (Lipinski definition) is 3. The fraction of sp³-hybridized carbons (Fsp3) is 0.421. The molecular formula is C19H21NO2S. The highest BCUT2D eigenvalue weighted by molar-refractivity contribution is 7.14. The summed E-state index contributed by atoms with van der Waals surface area (Å²) in [5, 5.41) is 3.25. The van der Waals surface area contributed by atoms with E-state index in [4.69, 9.17) is 4.74 Å². The van der Waals surface area contributed by atoms with Gasteiger partial charge in [0.25, 0.3) is 5.91 Å². The summed E-state index contributed by atoms with van der Waals surface area (Å²) < 4.78 is 5.56. The lowest BCUT2D eigenvalue weighted by molar-refractivity contribution is 0.0934. The van der Waals surface area contributed by atoms with Crippen LogP contribution in [0.15, 0.2) is 24.3 Å². The van der Waals surface area contributed by atoms with Crippen LogP contribution in [0.5, 0.6) is 5.75 Å². The third-order valence-electron chi connectivity index (χ3n) is 4.96. The van der Waals surface area contributed by atoms with Crippen molar-refractivity contribution in [2.24, 2.45) is 0 Å². The Hall–Kier alpha value is -1.81. The monoisotopic (exact) mass is 327 g/mol. The molecule has 1 aromatic heterocycles. The number of carbonyl (C=O) groups is 1. The number of methoxy groups -OCH3 is 1. The first-order chi connectivity index (χ1) is 11.3. The van der Waals surface area contributed by atoms with Gasteiger partial charge >= 0.3 is 0 Å². The van der Waals surface area contributed by atoms with Crippen molar-refractivity contribution in [2.75, 3.05) is 7.11 Å². The molecule has 4 heteroatoms. The summed E-state index contributed by atoms with van der Waals surface area (Å²) in [4.78, 5) is 14.9. The minimum atomic E-state index is 0.0166. The van der Waals surface area contributed by atoms with Crippen LogP contribution in [0.25, 0.3) is 0 Å². The second-order valence-electron chi connectivity index (χ2n) is 6.34. The summed E-state index contributed by atoms with van der Waals surface area (Å²) in [6.45, 7) is 0. The third kappa shape index (κ3) is 2.55. The van der Waals surface area contributed by atoms with E-state index in [9.17, 15) is 4.79 Å². The zero-order valence-corrected chi connectivity index (χ0v) is 14.2. The van der Waals surface area contributed by atoms with Crippen molar-refractivity contribution in [3.63, 3.8) is 0 Å². The summed E-state index contributed by atoms with van der Waals surface area (Å²) in [5.74, 6) is 0.826. The predicted octanol–water partition coefficient (Wildman–Crippen LogP) is 4.05. The minimum Gasteiger partial charge on any atom is -0.495 e. The van der Waals surface area contributed by atoms with Crippen LogP contribution in [0.2, 0.25) is 0 Å². The molecule has 0 spiro atoms. The average molecular weight is 327 g/mol. The Bertz CT molecular complexity index is 750. The Morgan fingerprint density at radius 3 is 2.96 bits per heavy atom. The van der Waals surface area contributed by atoms with Gasteiger partial charge in [-0.15, -0.1) is 11.3 Å². The van der Waals surface area contributed by atoms with E-state index in [1.165, 1.54) is 28.0 Å². The molecule has 2 aromatic rings. The molecule has 4 rings (SSSR count). The molecule has 23 heavy (non-hydrogen) atoms. The molecule has 0 radical (unpaired) electrons. The minimum absolute atomic E-state index is 0.0166. The van der Waals surface area contributed by atoms with Gasteiger partial charge in [-0.25, -0.2) is 0 Å². The van der Waals surface area contributed by atoms with Crippen molar-refractivity contribution < 1.29 is 9.53 Å². The molecule has 2 aliphatic rings. The fourth-order valence-corrected chi connectivity index (χ4v) is 5.13. The van der Waals surface area contributed by atoms with Crippen LogP contribution in [0.3, 0.4) is 0 Å². The van der Waals surface area contributed by atoms with Gasteiger partial charge in [0, 0.05) is 10.4 Å². The van der Waals surface area contributed by atoms with Crippen molar-refractivity contribution in [1.29, 1.82) is 0 Å². The van der Waals surface area contributed by atoms with Gasteiger partial charge in [0.15, 0.2) is 0 Å². The lowest BCUT2D eigenvalue weighted by atomic mass is 9.88. The zero-order chi connectivity index (χ0) is 15.8. The Balaban J connectivity index is 1.60. The molecule has 2 aliphatic carbocycles. The number of benzene rings is 1. The number of carbonyl (C=O) groups excluding carboxylic acids is 1.